The van der Waals surface area contributed by atoms with Crippen molar-refractivity contribution in [1.29, 1.82) is 0 Å². The number of methoxy groups -OCH3 is 3. The minimum atomic E-state index is 0.393. The van der Waals surface area contributed by atoms with Crippen molar-refractivity contribution in [1.82, 2.24) is 5.43 Å². The van der Waals surface area contributed by atoms with Gasteiger partial charge in [-0.3, -0.25) is 5.43 Å². The molecule has 2 N–H and O–H groups in total. The molecule has 6 nitrogen and oxygen atoms in total. The van der Waals surface area contributed by atoms with E-state index < -0.39 is 0 Å². The van der Waals surface area contributed by atoms with Crippen molar-refractivity contribution in [3.05, 3.63) is 48.0 Å². The maximum atomic E-state index is 5.35. The van der Waals surface area contributed by atoms with Crippen molar-refractivity contribution in [2.75, 3.05) is 26.6 Å². The smallest absolute Gasteiger partial charge is 0.191 e. The van der Waals surface area contributed by atoms with Gasteiger partial charge in [-0.2, -0.15) is 5.10 Å². The Morgan fingerprint density at radius 1 is 1.00 bits per heavy atom. The summed E-state index contributed by atoms with van der Waals surface area (Å²) in [6.07, 6.45) is 0.726. The summed E-state index contributed by atoms with van der Waals surface area (Å²) in [4.78, 5) is 0. The molecule has 2 aromatic rings. The molecule has 0 bridgehead atoms. The summed E-state index contributed by atoms with van der Waals surface area (Å²) in [5, 5.41) is 7.89. The van der Waals surface area contributed by atoms with Crippen LogP contribution in [0.4, 0.5) is 5.69 Å². The highest BCUT2D eigenvalue weighted by Gasteiger charge is 2.08. The molecule has 0 heterocycles. The molecule has 0 radical (unpaired) electrons. The van der Waals surface area contributed by atoms with Gasteiger partial charge in [-0.1, -0.05) is 13.0 Å². The van der Waals surface area contributed by atoms with Gasteiger partial charge in [0.1, 0.15) is 5.75 Å². The zero-order valence-electron chi connectivity index (χ0n) is 15.3. The lowest BCUT2D eigenvalue weighted by Crippen LogP contribution is -2.25. The van der Waals surface area contributed by atoms with Crippen LogP contribution in [0.5, 0.6) is 17.2 Å². The summed E-state index contributed by atoms with van der Waals surface area (Å²) in [6.45, 7) is 2.02. The molecule has 0 aliphatic heterocycles. The van der Waals surface area contributed by atoms with Gasteiger partial charge in [0.15, 0.2) is 16.6 Å². The summed E-state index contributed by atoms with van der Waals surface area (Å²) in [7, 11) is 4.84. The number of rotatable bonds is 7. The largest absolute Gasteiger partial charge is 0.497 e. The summed E-state index contributed by atoms with van der Waals surface area (Å²) in [5.74, 6) is 2.08. The Morgan fingerprint density at radius 3 is 2.42 bits per heavy atom. The van der Waals surface area contributed by atoms with Gasteiger partial charge in [0.2, 0.25) is 0 Å². The Hall–Kier alpha value is -2.80. The molecule has 0 unspecified atom stereocenters. The van der Waals surface area contributed by atoms with Crippen molar-refractivity contribution in [3.63, 3.8) is 0 Å². The molecular weight excluding hydrogens is 350 g/mol. The summed E-state index contributed by atoms with van der Waals surface area (Å²) in [6, 6.07) is 13.2. The Bertz CT molecular complexity index is 793. The molecule has 0 aliphatic carbocycles. The minimum Gasteiger partial charge on any atom is -0.497 e. The Kier molecular flexibility index (Phi) is 7.23. The first-order chi connectivity index (χ1) is 12.6. The summed E-state index contributed by atoms with van der Waals surface area (Å²) < 4.78 is 15.8. The number of benzene rings is 2. The van der Waals surface area contributed by atoms with Crippen LogP contribution in [0.15, 0.2) is 47.6 Å². The number of hydrazone groups is 1. The first kappa shape index (κ1) is 19.5. The van der Waals surface area contributed by atoms with Crippen molar-refractivity contribution in [2.24, 2.45) is 5.10 Å². The van der Waals surface area contributed by atoms with Crippen LogP contribution in [-0.2, 0) is 0 Å². The van der Waals surface area contributed by atoms with E-state index in [-0.39, 0.29) is 0 Å². The molecule has 26 heavy (non-hydrogen) atoms. The lowest BCUT2D eigenvalue weighted by Gasteiger charge is -2.12. The number of ether oxygens (including phenoxy) is 3. The average Bonchev–Trinajstić information content (AvgIpc) is 2.68. The maximum absolute atomic E-state index is 5.35. The van der Waals surface area contributed by atoms with Gasteiger partial charge in [0.05, 0.1) is 27.0 Å². The minimum absolute atomic E-state index is 0.393. The number of anilines is 1. The van der Waals surface area contributed by atoms with Crippen molar-refractivity contribution in [3.8, 4) is 17.2 Å². The lowest BCUT2D eigenvalue weighted by atomic mass is 10.1. The molecule has 0 atom stereocenters. The molecule has 0 aliphatic rings. The first-order valence-electron chi connectivity index (χ1n) is 8.11. The third kappa shape index (κ3) is 5.10. The van der Waals surface area contributed by atoms with Gasteiger partial charge >= 0.3 is 0 Å². The van der Waals surface area contributed by atoms with Gasteiger partial charge in [0, 0.05) is 17.3 Å². The third-order valence-electron chi connectivity index (χ3n) is 3.67. The van der Waals surface area contributed by atoms with Gasteiger partial charge in [-0.25, -0.2) is 0 Å². The molecule has 2 aromatic carbocycles. The van der Waals surface area contributed by atoms with E-state index in [1.165, 1.54) is 0 Å². The van der Waals surface area contributed by atoms with E-state index in [0.717, 1.165) is 29.1 Å². The highest BCUT2D eigenvalue weighted by molar-refractivity contribution is 7.80. The number of nitrogens with zero attached hydrogens (tertiary/aromatic N) is 1. The molecule has 0 aromatic heterocycles. The predicted octanol–water partition coefficient (Wildman–Crippen LogP) is 3.81. The molecule has 7 heteroatoms. The zero-order chi connectivity index (χ0) is 18.9. The van der Waals surface area contributed by atoms with E-state index >= 15 is 0 Å². The fraction of sp³-hybridized carbons (Fsp3) is 0.263. The van der Waals surface area contributed by atoms with Crippen molar-refractivity contribution < 1.29 is 14.2 Å². The van der Waals surface area contributed by atoms with Gasteiger partial charge in [-0.15, -0.1) is 0 Å². The maximum Gasteiger partial charge on any atom is 0.191 e. The van der Waals surface area contributed by atoms with Gasteiger partial charge in [0.25, 0.3) is 0 Å². The molecule has 0 saturated carbocycles. The van der Waals surface area contributed by atoms with Crippen LogP contribution >= 0.6 is 12.2 Å². The van der Waals surface area contributed by atoms with Gasteiger partial charge in [-0.05, 0) is 49.0 Å². The monoisotopic (exact) mass is 373 g/mol. The van der Waals surface area contributed by atoms with Crippen molar-refractivity contribution in [2.45, 2.75) is 13.3 Å². The molecule has 138 valence electrons. The number of hydrogen-bond donors (Lipinski definition) is 2. The van der Waals surface area contributed by atoms with Crippen LogP contribution in [0.3, 0.4) is 0 Å². The van der Waals surface area contributed by atoms with Crippen LogP contribution in [0.2, 0.25) is 0 Å². The third-order valence-corrected chi connectivity index (χ3v) is 3.87. The normalized spacial score (nSPS) is 10.8. The first-order valence-corrected chi connectivity index (χ1v) is 8.52. The molecule has 0 amide bonds. The van der Waals surface area contributed by atoms with Gasteiger partial charge < -0.3 is 19.5 Å². The average molecular weight is 373 g/mol. The van der Waals surface area contributed by atoms with Crippen LogP contribution in [0, 0.1) is 0 Å². The Morgan fingerprint density at radius 2 is 1.77 bits per heavy atom. The molecule has 0 saturated heterocycles. The number of thiocarbonyl (C=S) groups is 1. The predicted molar refractivity (Wildman–Crippen MR) is 109 cm³/mol. The van der Waals surface area contributed by atoms with E-state index in [4.69, 9.17) is 26.4 Å². The molecular formula is C19H23N3O3S. The van der Waals surface area contributed by atoms with E-state index in [1.54, 1.807) is 21.3 Å². The lowest BCUT2D eigenvalue weighted by molar-refractivity contribution is 0.355. The Labute approximate surface area is 159 Å². The summed E-state index contributed by atoms with van der Waals surface area (Å²) >= 11 is 5.31. The topological polar surface area (TPSA) is 64.1 Å². The highest BCUT2D eigenvalue weighted by Crippen LogP contribution is 2.28. The molecule has 2 rings (SSSR count). The standard InChI is InChI=1S/C19H23N3O3S/c1-5-16(13-9-10-17(24-3)18(11-13)25-4)21-22-19(26)20-14-7-6-8-15(12-14)23-2/h6-12H,5H2,1-4H3,(H2,20,22,26)/b21-16-. The second-order valence-electron chi connectivity index (χ2n) is 5.28. The second kappa shape index (κ2) is 9.62. The highest BCUT2D eigenvalue weighted by atomic mass is 32.1. The van der Waals surface area contributed by atoms with E-state index in [0.29, 0.717) is 16.6 Å². The van der Waals surface area contributed by atoms with E-state index in [2.05, 4.69) is 15.8 Å². The molecule has 0 fully saturated rings. The quantitative estimate of drug-likeness (QED) is 0.437. The number of nitrogens with one attached hydrogen (secondary N) is 2. The zero-order valence-corrected chi connectivity index (χ0v) is 16.1. The second-order valence-corrected chi connectivity index (χ2v) is 5.69. The molecule has 0 spiro atoms. The van der Waals surface area contributed by atoms with Crippen LogP contribution in [0.25, 0.3) is 0 Å². The SMILES string of the molecule is CC/C(=N/NC(=S)Nc1cccc(OC)c1)c1ccc(OC)c(OC)c1. The Balaban J connectivity index is 2.09. The van der Waals surface area contributed by atoms with Crippen LogP contribution < -0.4 is 25.0 Å². The van der Waals surface area contributed by atoms with E-state index in [1.807, 2.05) is 49.4 Å². The van der Waals surface area contributed by atoms with Crippen molar-refractivity contribution >= 4 is 28.7 Å². The fourth-order valence-electron chi connectivity index (χ4n) is 2.34. The van der Waals surface area contributed by atoms with Crippen LogP contribution in [0.1, 0.15) is 18.9 Å². The van der Waals surface area contributed by atoms with E-state index in [9.17, 15) is 0 Å². The fourth-order valence-corrected chi connectivity index (χ4v) is 2.51. The van der Waals surface area contributed by atoms with Crippen LogP contribution in [-0.4, -0.2) is 32.2 Å². The number of hydrogen-bond acceptors (Lipinski definition) is 5. The summed E-state index contributed by atoms with van der Waals surface area (Å²) in [5.41, 5.74) is 5.48.